The summed E-state index contributed by atoms with van der Waals surface area (Å²) in [5, 5.41) is 36.0. The molecule has 0 spiro atoms. The fourth-order valence-electron chi connectivity index (χ4n) is 2.77. The van der Waals surface area contributed by atoms with E-state index in [0.29, 0.717) is 6.04 Å². The Balaban J connectivity index is 0.000000294. The fourth-order valence-corrected chi connectivity index (χ4v) is 2.77. The molecule has 1 aromatic rings. The number of nitrogens with one attached hydrogen (secondary N) is 1. The summed E-state index contributed by atoms with van der Waals surface area (Å²) >= 11 is 0. The van der Waals surface area contributed by atoms with Crippen LogP contribution in [0.3, 0.4) is 0 Å². The summed E-state index contributed by atoms with van der Waals surface area (Å²) in [5.74, 6) is -2.73. The van der Waals surface area contributed by atoms with Gasteiger partial charge in [-0.2, -0.15) is 0 Å². The summed E-state index contributed by atoms with van der Waals surface area (Å²) in [6.45, 7) is 5.84. The molecule has 8 heteroatoms. The highest BCUT2D eigenvalue weighted by atomic mass is 16.4. The molecule has 1 aliphatic rings. The van der Waals surface area contributed by atoms with Crippen LogP contribution in [0.25, 0.3) is 0 Å². The average Bonchev–Trinajstić information content (AvgIpc) is 2.63. The van der Waals surface area contributed by atoms with Crippen LogP contribution in [0.4, 0.5) is 0 Å². The molecule has 5 N–H and O–H groups in total. The van der Waals surface area contributed by atoms with Crippen molar-refractivity contribution < 1.29 is 30.0 Å². The Morgan fingerprint density at radius 2 is 1.69 bits per heavy atom. The number of likely N-dealkylation sites (N-methyl/N-ethyl adjacent to an activating group) is 1. The molecule has 1 aliphatic heterocycles. The molecule has 4 atom stereocenters. The van der Waals surface area contributed by atoms with E-state index in [9.17, 15) is 9.59 Å². The third-order valence-electron chi connectivity index (χ3n) is 4.47. The highest BCUT2D eigenvalue weighted by Gasteiger charge is 2.29. The maximum absolute atomic E-state index is 9.77. The largest absolute Gasteiger partial charge is 0.479 e. The number of benzene rings is 1. The first-order valence-electron chi connectivity index (χ1n) is 8.51. The molecular weight excluding hydrogens is 340 g/mol. The quantitative estimate of drug-likeness (QED) is 0.474. The van der Waals surface area contributed by atoms with Crippen molar-refractivity contribution in [2.45, 2.75) is 38.1 Å². The SMILES string of the molecule is CN[C@@H]1CN(Cc2ccccc2)CC[C@@H]1C.O=C(O)C(O)C(O)C(=O)O. The molecule has 0 aromatic heterocycles. The fraction of sp³-hybridized carbons (Fsp3) is 0.556. The number of hydrogen-bond acceptors (Lipinski definition) is 6. The van der Waals surface area contributed by atoms with E-state index in [1.165, 1.54) is 25.1 Å². The normalized spacial score (nSPS) is 22.6. The van der Waals surface area contributed by atoms with Gasteiger partial charge in [0, 0.05) is 19.1 Å². The molecule has 146 valence electrons. The molecule has 0 amide bonds. The van der Waals surface area contributed by atoms with Crippen LogP contribution in [0.1, 0.15) is 18.9 Å². The van der Waals surface area contributed by atoms with Gasteiger partial charge in [0.15, 0.2) is 12.2 Å². The molecule has 0 aliphatic carbocycles. The number of likely N-dealkylation sites (tertiary alicyclic amines) is 1. The summed E-state index contributed by atoms with van der Waals surface area (Å²) in [6, 6.07) is 11.4. The van der Waals surface area contributed by atoms with Crippen LogP contribution < -0.4 is 5.32 Å². The van der Waals surface area contributed by atoms with Gasteiger partial charge in [-0.15, -0.1) is 0 Å². The Labute approximate surface area is 153 Å². The van der Waals surface area contributed by atoms with Crippen molar-refractivity contribution in [1.82, 2.24) is 10.2 Å². The Kier molecular flexibility index (Phi) is 9.22. The van der Waals surface area contributed by atoms with Gasteiger partial charge in [0.2, 0.25) is 0 Å². The summed E-state index contributed by atoms with van der Waals surface area (Å²) in [4.78, 5) is 22.1. The minimum Gasteiger partial charge on any atom is -0.479 e. The zero-order valence-electron chi connectivity index (χ0n) is 15.1. The monoisotopic (exact) mass is 368 g/mol. The number of aliphatic hydroxyl groups excluding tert-OH is 2. The molecule has 0 radical (unpaired) electrons. The number of nitrogens with zero attached hydrogens (tertiary/aromatic N) is 1. The van der Waals surface area contributed by atoms with Gasteiger partial charge in [-0.05, 0) is 31.5 Å². The van der Waals surface area contributed by atoms with Crippen molar-refractivity contribution in [3.63, 3.8) is 0 Å². The molecular formula is C18H28N2O6. The Hall–Kier alpha value is -2.00. The highest BCUT2D eigenvalue weighted by Crippen LogP contribution is 2.18. The van der Waals surface area contributed by atoms with Gasteiger partial charge >= 0.3 is 11.9 Å². The Morgan fingerprint density at radius 1 is 1.15 bits per heavy atom. The van der Waals surface area contributed by atoms with Gasteiger partial charge in [-0.25, -0.2) is 9.59 Å². The minimum atomic E-state index is -2.27. The Bertz CT molecular complexity index is 550. The van der Waals surface area contributed by atoms with E-state index in [1.54, 1.807) is 0 Å². The molecule has 1 heterocycles. The van der Waals surface area contributed by atoms with Crippen molar-refractivity contribution >= 4 is 11.9 Å². The third-order valence-corrected chi connectivity index (χ3v) is 4.47. The van der Waals surface area contributed by atoms with Crippen molar-refractivity contribution in [1.29, 1.82) is 0 Å². The number of aliphatic carboxylic acids is 2. The van der Waals surface area contributed by atoms with Crippen LogP contribution in [0.2, 0.25) is 0 Å². The van der Waals surface area contributed by atoms with Gasteiger partial charge in [0.1, 0.15) is 0 Å². The van der Waals surface area contributed by atoms with Gasteiger partial charge in [-0.3, -0.25) is 4.90 Å². The lowest BCUT2D eigenvalue weighted by Crippen LogP contribution is -2.48. The third kappa shape index (κ3) is 7.09. The minimum absolute atomic E-state index is 0.650. The summed E-state index contributed by atoms with van der Waals surface area (Å²) < 4.78 is 0. The lowest BCUT2D eigenvalue weighted by molar-refractivity contribution is -0.165. The highest BCUT2D eigenvalue weighted by molar-refractivity contribution is 5.83. The first-order chi connectivity index (χ1) is 12.3. The number of hydrogen-bond donors (Lipinski definition) is 5. The molecule has 1 saturated heterocycles. The van der Waals surface area contributed by atoms with Gasteiger partial charge in [0.05, 0.1) is 0 Å². The maximum atomic E-state index is 9.77. The predicted octanol–water partition coefficient (Wildman–Crippen LogP) is -0.00620. The molecule has 0 saturated carbocycles. The van der Waals surface area contributed by atoms with Crippen LogP contribution in [0, 0.1) is 5.92 Å². The lowest BCUT2D eigenvalue weighted by Gasteiger charge is -2.37. The molecule has 2 unspecified atom stereocenters. The van der Waals surface area contributed by atoms with Crippen LogP contribution >= 0.6 is 0 Å². The number of rotatable bonds is 6. The molecule has 1 aromatic carbocycles. The second-order valence-corrected chi connectivity index (χ2v) is 6.45. The molecule has 0 bridgehead atoms. The van der Waals surface area contributed by atoms with Crippen molar-refractivity contribution in [3.8, 4) is 0 Å². The number of carboxylic acid groups (broad SMARTS) is 2. The van der Waals surface area contributed by atoms with E-state index >= 15 is 0 Å². The standard InChI is InChI=1S/C14H22N2.C4H6O6/c1-12-8-9-16(11-14(12)15-2)10-13-6-4-3-5-7-13;5-1(3(7)8)2(6)4(9)10/h3-7,12,14-15H,8-11H2,1-2H3;1-2,5-6H,(H,7,8)(H,9,10)/t12-,14+;/m0./s1. The Morgan fingerprint density at radius 3 is 2.15 bits per heavy atom. The smallest absolute Gasteiger partial charge is 0.335 e. The van der Waals surface area contributed by atoms with Crippen LogP contribution in [-0.4, -0.2) is 75.7 Å². The molecule has 2 rings (SSSR count). The van der Waals surface area contributed by atoms with Gasteiger partial charge in [-0.1, -0.05) is 37.3 Å². The topological polar surface area (TPSA) is 130 Å². The molecule has 26 heavy (non-hydrogen) atoms. The van der Waals surface area contributed by atoms with Crippen molar-refractivity contribution in [2.75, 3.05) is 20.1 Å². The van der Waals surface area contributed by atoms with E-state index < -0.39 is 24.1 Å². The van der Waals surface area contributed by atoms with E-state index in [-0.39, 0.29) is 0 Å². The molecule has 1 fully saturated rings. The van der Waals surface area contributed by atoms with E-state index in [2.05, 4.69) is 54.5 Å². The van der Waals surface area contributed by atoms with Crippen molar-refractivity contribution in [2.24, 2.45) is 5.92 Å². The number of piperidine rings is 1. The van der Waals surface area contributed by atoms with E-state index in [0.717, 1.165) is 12.5 Å². The van der Waals surface area contributed by atoms with Crippen LogP contribution in [0.15, 0.2) is 30.3 Å². The van der Waals surface area contributed by atoms with Crippen molar-refractivity contribution in [3.05, 3.63) is 35.9 Å². The zero-order valence-corrected chi connectivity index (χ0v) is 15.1. The summed E-state index contributed by atoms with van der Waals surface area (Å²) in [5.41, 5.74) is 1.42. The average molecular weight is 368 g/mol. The van der Waals surface area contributed by atoms with Crippen LogP contribution in [0.5, 0.6) is 0 Å². The lowest BCUT2D eigenvalue weighted by atomic mass is 9.93. The van der Waals surface area contributed by atoms with E-state index in [4.69, 9.17) is 20.4 Å². The first-order valence-corrected chi connectivity index (χ1v) is 8.51. The second-order valence-electron chi connectivity index (χ2n) is 6.45. The van der Waals surface area contributed by atoms with Gasteiger partial charge in [0.25, 0.3) is 0 Å². The summed E-state index contributed by atoms with van der Waals surface area (Å²) in [6.07, 6.45) is -3.23. The molecule has 8 nitrogen and oxygen atoms in total. The van der Waals surface area contributed by atoms with Gasteiger partial charge < -0.3 is 25.7 Å². The number of aliphatic hydroxyl groups is 2. The van der Waals surface area contributed by atoms with E-state index in [1.807, 2.05) is 0 Å². The summed E-state index contributed by atoms with van der Waals surface area (Å²) in [7, 11) is 2.08. The second kappa shape index (κ2) is 10.9. The van der Waals surface area contributed by atoms with Crippen LogP contribution in [-0.2, 0) is 16.1 Å². The zero-order chi connectivity index (χ0) is 19.7. The predicted molar refractivity (Wildman–Crippen MR) is 95.6 cm³/mol. The first kappa shape index (κ1) is 22.0. The number of carbonyl (C=O) groups is 2. The number of carboxylic acids is 2. The maximum Gasteiger partial charge on any atom is 0.335 e.